The lowest BCUT2D eigenvalue weighted by Crippen LogP contribution is -2.50. The molecule has 1 saturated heterocycles. The van der Waals surface area contributed by atoms with Crippen LogP contribution in [0.15, 0.2) is 24.4 Å². The van der Waals surface area contributed by atoms with Gasteiger partial charge in [0.05, 0.1) is 0 Å². The van der Waals surface area contributed by atoms with Crippen LogP contribution in [0.5, 0.6) is 0 Å². The number of aromatic nitrogens is 3. The van der Waals surface area contributed by atoms with Crippen LogP contribution in [-0.4, -0.2) is 52.3 Å². The summed E-state index contributed by atoms with van der Waals surface area (Å²) in [4.78, 5) is 20.2. The van der Waals surface area contributed by atoms with Gasteiger partial charge < -0.3 is 9.80 Å². The number of amides is 2. The number of carbonyl (C=O) groups excluding carboxylic acids is 1. The van der Waals surface area contributed by atoms with E-state index in [1.807, 2.05) is 19.1 Å². The fourth-order valence-electron chi connectivity index (χ4n) is 2.14. The second-order valence-corrected chi connectivity index (χ2v) is 5.88. The highest BCUT2D eigenvalue weighted by atomic mass is 32.1. The van der Waals surface area contributed by atoms with Gasteiger partial charge in [0.15, 0.2) is 0 Å². The van der Waals surface area contributed by atoms with Gasteiger partial charge in [0.2, 0.25) is 5.13 Å². The van der Waals surface area contributed by atoms with Gasteiger partial charge in [-0.2, -0.15) is 0 Å². The molecule has 0 atom stereocenters. The van der Waals surface area contributed by atoms with Crippen LogP contribution in [0.25, 0.3) is 0 Å². The number of piperazine rings is 1. The van der Waals surface area contributed by atoms with Crippen molar-refractivity contribution >= 4 is 28.3 Å². The molecule has 2 aromatic rings. The lowest BCUT2D eigenvalue weighted by molar-refractivity contribution is 0.208. The molecule has 0 bridgehead atoms. The number of pyridine rings is 1. The molecule has 0 aromatic carbocycles. The van der Waals surface area contributed by atoms with E-state index in [9.17, 15) is 4.79 Å². The normalized spacial score (nSPS) is 15.1. The first-order chi connectivity index (χ1) is 10.2. The molecule has 0 spiro atoms. The molecular weight excluding hydrogens is 288 g/mol. The fourth-order valence-corrected chi connectivity index (χ4v) is 2.88. The standard InChI is InChI=1S/C13H16N6OS/c1-10-16-17-13(21-10)19-8-6-18(7-9-19)12(20)15-11-4-2-3-5-14-11/h2-5H,6-9H2,1H3,(H,14,15,20). The highest BCUT2D eigenvalue weighted by molar-refractivity contribution is 7.15. The Morgan fingerprint density at radius 2 is 2.05 bits per heavy atom. The topological polar surface area (TPSA) is 74.2 Å². The quantitative estimate of drug-likeness (QED) is 0.912. The molecule has 3 rings (SSSR count). The maximum atomic E-state index is 12.1. The van der Waals surface area contributed by atoms with E-state index in [0.717, 1.165) is 23.2 Å². The van der Waals surface area contributed by atoms with Crippen molar-refractivity contribution in [3.05, 3.63) is 29.4 Å². The van der Waals surface area contributed by atoms with Crippen molar-refractivity contribution in [2.45, 2.75) is 6.92 Å². The Kier molecular flexibility index (Phi) is 3.96. The molecule has 110 valence electrons. The number of nitrogens with zero attached hydrogens (tertiary/aromatic N) is 5. The van der Waals surface area contributed by atoms with Crippen molar-refractivity contribution in [2.24, 2.45) is 0 Å². The predicted octanol–water partition coefficient (Wildman–Crippen LogP) is 1.60. The molecule has 7 nitrogen and oxygen atoms in total. The zero-order valence-corrected chi connectivity index (χ0v) is 12.5. The van der Waals surface area contributed by atoms with Crippen LogP contribution in [0.4, 0.5) is 15.7 Å². The van der Waals surface area contributed by atoms with Gasteiger partial charge in [-0.25, -0.2) is 9.78 Å². The zero-order chi connectivity index (χ0) is 14.7. The lowest BCUT2D eigenvalue weighted by atomic mass is 10.3. The molecule has 21 heavy (non-hydrogen) atoms. The number of nitrogens with one attached hydrogen (secondary N) is 1. The van der Waals surface area contributed by atoms with Crippen molar-refractivity contribution in [3.8, 4) is 0 Å². The maximum absolute atomic E-state index is 12.1. The first-order valence-electron chi connectivity index (χ1n) is 6.74. The van der Waals surface area contributed by atoms with Gasteiger partial charge in [-0.3, -0.25) is 5.32 Å². The third-order valence-corrected chi connectivity index (χ3v) is 4.15. The smallest absolute Gasteiger partial charge is 0.323 e. The third kappa shape index (κ3) is 3.27. The molecule has 0 radical (unpaired) electrons. The van der Waals surface area contributed by atoms with E-state index < -0.39 is 0 Å². The number of rotatable bonds is 2. The molecule has 8 heteroatoms. The van der Waals surface area contributed by atoms with Gasteiger partial charge in [0, 0.05) is 32.4 Å². The van der Waals surface area contributed by atoms with Gasteiger partial charge in [0.1, 0.15) is 10.8 Å². The van der Waals surface area contributed by atoms with Crippen LogP contribution in [-0.2, 0) is 0 Å². The highest BCUT2D eigenvalue weighted by Gasteiger charge is 2.23. The van der Waals surface area contributed by atoms with Crippen LogP contribution in [0, 0.1) is 6.92 Å². The molecule has 2 amide bonds. The van der Waals surface area contributed by atoms with E-state index in [1.165, 1.54) is 0 Å². The Bertz CT molecular complexity index is 608. The summed E-state index contributed by atoms with van der Waals surface area (Å²) in [5.74, 6) is 0.574. The molecule has 1 aliphatic heterocycles. The minimum Gasteiger partial charge on any atom is -0.343 e. The van der Waals surface area contributed by atoms with Crippen molar-refractivity contribution in [3.63, 3.8) is 0 Å². The second-order valence-electron chi connectivity index (χ2n) is 4.72. The minimum absolute atomic E-state index is 0.109. The third-order valence-electron chi connectivity index (χ3n) is 3.25. The van der Waals surface area contributed by atoms with Gasteiger partial charge in [-0.05, 0) is 19.1 Å². The van der Waals surface area contributed by atoms with E-state index in [2.05, 4.69) is 25.4 Å². The average molecular weight is 304 g/mol. The van der Waals surface area contributed by atoms with E-state index in [-0.39, 0.29) is 6.03 Å². The van der Waals surface area contributed by atoms with Crippen LogP contribution >= 0.6 is 11.3 Å². The zero-order valence-electron chi connectivity index (χ0n) is 11.7. The first kappa shape index (κ1) is 13.7. The minimum atomic E-state index is -0.109. The number of carbonyl (C=O) groups is 1. The summed E-state index contributed by atoms with van der Waals surface area (Å²) >= 11 is 1.58. The summed E-state index contributed by atoms with van der Waals surface area (Å²) < 4.78 is 0. The highest BCUT2D eigenvalue weighted by Crippen LogP contribution is 2.20. The molecule has 1 fully saturated rings. The van der Waals surface area contributed by atoms with Crippen molar-refractivity contribution in [2.75, 3.05) is 36.4 Å². The Hall–Kier alpha value is -2.22. The van der Waals surface area contributed by atoms with Gasteiger partial charge >= 0.3 is 6.03 Å². The molecule has 0 saturated carbocycles. The van der Waals surface area contributed by atoms with Crippen molar-refractivity contribution in [1.82, 2.24) is 20.1 Å². The van der Waals surface area contributed by atoms with E-state index >= 15 is 0 Å². The Morgan fingerprint density at radius 1 is 1.24 bits per heavy atom. The van der Waals surface area contributed by atoms with E-state index in [0.29, 0.717) is 18.9 Å². The van der Waals surface area contributed by atoms with Crippen LogP contribution < -0.4 is 10.2 Å². The Labute approximate surface area is 126 Å². The van der Waals surface area contributed by atoms with E-state index in [4.69, 9.17) is 0 Å². The summed E-state index contributed by atoms with van der Waals surface area (Å²) in [6.07, 6.45) is 1.66. The summed E-state index contributed by atoms with van der Waals surface area (Å²) in [5, 5.41) is 12.9. The lowest BCUT2D eigenvalue weighted by Gasteiger charge is -2.34. The molecule has 2 aromatic heterocycles. The Morgan fingerprint density at radius 3 is 2.67 bits per heavy atom. The number of hydrogen-bond donors (Lipinski definition) is 1. The van der Waals surface area contributed by atoms with E-state index in [1.54, 1.807) is 28.5 Å². The number of hydrogen-bond acceptors (Lipinski definition) is 6. The Balaban J connectivity index is 1.54. The number of anilines is 2. The van der Waals surface area contributed by atoms with Crippen LogP contribution in [0.1, 0.15) is 5.01 Å². The predicted molar refractivity (Wildman–Crippen MR) is 81.7 cm³/mol. The number of aryl methyl sites for hydroxylation is 1. The molecule has 1 aliphatic rings. The fraction of sp³-hybridized carbons (Fsp3) is 0.385. The summed E-state index contributed by atoms with van der Waals surface area (Å²) in [6, 6.07) is 5.33. The molecule has 3 heterocycles. The maximum Gasteiger partial charge on any atom is 0.323 e. The number of urea groups is 1. The van der Waals surface area contributed by atoms with Crippen LogP contribution in [0.3, 0.4) is 0 Å². The molecule has 0 unspecified atom stereocenters. The molecule has 1 N–H and O–H groups in total. The van der Waals surface area contributed by atoms with Gasteiger partial charge in [0.25, 0.3) is 0 Å². The average Bonchev–Trinajstić information content (AvgIpc) is 2.95. The second kappa shape index (κ2) is 6.04. The van der Waals surface area contributed by atoms with Crippen LogP contribution in [0.2, 0.25) is 0 Å². The molecule has 0 aliphatic carbocycles. The summed E-state index contributed by atoms with van der Waals surface area (Å²) in [5.41, 5.74) is 0. The molecular formula is C13H16N6OS. The van der Waals surface area contributed by atoms with Gasteiger partial charge in [-0.1, -0.05) is 17.4 Å². The monoisotopic (exact) mass is 304 g/mol. The van der Waals surface area contributed by atoms with Crippen molar-refractivity contribution < 1.29 is 4.79 Å². The largest absolute Gasteiger partial charge is 0.343 e. The summed E-state index contributed by atoms with van der Waals surface area (Å²) in [7, 11) is 0. The SMILES string of the molecule is Cc1nnc(N2CCN(C(=O)Nc3ccccn3)CC2)s1. The van der Waals surface area contributed by atoms with Gasteiger partial charge in [-0.15, -0.1) is 10.2 Å². The van der Waals surface area contributed by atoms with Crippen molar-refractivity contribution in [1.29, 1.82) is 0 Å². The summed E-state index contributed by atoms with van der Waals surface area (Å²) in [6.45, 7) is 4.81. The first-order valence-corrected chi connectivity index (χ1v) is 7.56.